The van der Waals surface area contributed by atoms with Crippen LogP contribution in [0.2, 0.25) is 0 Å². The number of nitrogens with zero attached hydrogens (tertiary/aromatic N) is 1. The lowest BCUT2D eigenvalue weighted by Crippen LogP contribution is -2.19. The van der Waals surface area contributed by atoms with Gasteiger partial charge in [0.1, 0.15) is 23.5 Å². The highest BCUT2D eigenvalue weighted by Gasteiger charge is 2.24. The fraction of sp³-hybridized carbons (Fsp3) is 0.267. The first-order valence-corrected chi connectivity index (χ1v) is 11.9. The standard InChI is InChI=1S/C30H31F5N2/c1-17(2)20-6-8-21(9-7-20)22-10-11-25(27(34)13-22)23-14-28(35)30(29(36)15-23)37(5)24(12-18(3)31)16-26(33)19(4)32/h6-12,14-17,27H,13,36H2,1-5H3/b18-12+,24-16+,26-19-. The van der Waals surface area contributed by atoms with E-state index in [1.807, 2.05) is 30.3 Å². The lowest BCUT2D eigenvalue weighted by Gasteiger charge is -2.25. The normalized spacial score (nSPS) is 17.4. The van der Waals surface area contributed by atoms with E-state index in [0.717, 1.165) is 48.1 Å². The van der Waals surface area contributed by atoms with Crippen LogP contribution in [0.5, 0.6) is 0 Å². The number of rotatable bonds is 7. The van der Waals surface area contributed by atoms with Gasteiger partial charge in [0.2, 0.25) is 0 Å². The summed E-state index contributed by atoms with van der Waals surface area (Å²) in [6, 6.07) is 10.5. The van der Waals surface area contributed by atoms with Crippen LogP contribution in [0.1, 0.15) is 56.7 Å². The number of halogens is 5. The van der Waals surface area contributed by atoms with E-state index in [9.17, 15) is 13.2 Å². The Balaban J connectivity index is 1.97. The number of nitrogen functional groups attached to an aromatic ring is 1. The minimum atomic E-state index is -1.38. The zero-order valence-corrected chi connectivity index (χ0v) is 21.5. The third kappa shape index (κ3) is 6.59. The van der Waals surface area contributed by atoms with E-state index in [1.165, 1.54) is 18.7 Å². The van der Waals surface area contributed by atoms with Crippen molar-refractivity contribution in [2.45, 2.75) is 46.2 Å². The molecule has 2 nitrogen and oxygen atoms in total. The van der Waals surface area contributed by atoms with Crippen molar-refractivity contribution in [3.05, 3.63) is 106 Å². The molecule has 1 aliphatic carbocycles. The predicted octanol–water partition coefficient (Wildman–Crippen LogP) is 9.10. The molecule has 0 saturated carbocycles. The summed E-state index contributed by atoms with van der Waals surface area (Å²) in [7, 11) is 1.35. The van der Waals surface area contributed by atoms with Crippen LogP contribution in [0, 0.1) is 5.82 Å². The van der Waals surface area contributed by atoms with Crippen LogP contribution in [-0.4, -0.2) is 13.2 Å². The summed E-state index contributed by atoms with van der Waals surface area (Å²) in [5.41, 5.74) is 9.20. The maximum absolute atomic E-state index is 15.3. The maximum atomic E-state index is 15.3. The molecule has 37 heavy (non-hydrogen) atoms. The Morgan fingerprint density at radius 1 is 1.00 bits per heavy atom. The van der Waals surface area contributed by atoms with Crippen molar-refractivity contribution in [1.29, 1.82) is 0 Å². The van der Waals surface area contributed by atoms with Crippen molar-refractivity contribution in [2.24, 2.45) is 0 Å². The first kappa shape index (κ1) is 28.0. The molecule has 1 unspecified atom stereocenters. The topological polar surface area (TPSA) is 29.3 Å². The highest BCUT2D eigenvalue weighted by atomic mass is 19.2. The van der Waals surface area contributed by atoms with Crippen LogP contribution in [-0.2, 0) is 0 Å². The van der Waals surface area contributed by atoms with Gasteiger partial charge in [-0.05, 0) is 65.8 Å². The van der Waals surface area contributed by atoms with E-state index in [4.69, 9.17) is 5.73 Å². The zero-order chi connectivity index (χ0) is 27.4. The van der Waals surface area contributed by atoms with Crippen LogP contribution in [0.25, 0.3) is 11.1 Å². The summed E-state index contributed by atoms with van der Waals surface area (Å²) in [5, 5.41) is 0. The van der Waals surface area contributed by atoms with E-state index in [2.05, 4.69) is 13.8 Å². The SMILES string of the molecule is C\C(F)=C(F)/C=C(\C=C(/C)F)N(C)c1c(N)cc(C2=CC=C(c3ccc(C(C)C)cc3)CC2F)cc1F. The van der Waals surface area contributed by atoms with E-state index >= 15 is 8.78 Å². The number of benzene rings is 2. The zero-order valence-electron chi connectivity index (χ0n) is 21.5. The molecule has 0 heterocycles. The minimum absolute atomic E-state index is 0.0678. The van der Waals surface area contributed by atoms with Gasteiger partial charge in [0, 0.05) is 25.2 Å². The molecule has 0 aliphatic heterocycles. The summed E-state index contributed by atoms with van der Waals surface area (Å²) in [5.74, 6) is -3.47. The Hall–Kier alpha value is -3.61. The Morgan fingerprint density at radius 3 is 2.16 bits per heavy atom. The van der Waals surface area contributed by atoms with Gasteiger partial charge in [0.05, 0.1) is 11.5 Å². The number of likely N-dealkylation sites (N-methyl/N-ethyl adjacent to an activating group) is 1. The smallest absolute Gasteiger partial charge is 0.156 e. The van der Waals surface area contributed by atoms with Crippen molar-refractivity contribution in [2.75, 3.05) is 17.7 Å². The van der Waals surface area contributed by atoms with Gasteiger partial charge in [0.25, 0.3) is 0 Å². The van der Waals surface area contributed by atoms with Crippen molar-refractivity contribution < 1.29 is 22.0 Å². The van der Waals surface area contributed by atoms with Crippen LogP contribution >= 0.6 is 0 Å². The molecule has 2 N–H and O–H groups in total. The maximum Gasteiger partial charge on any atom is 0.156 e. The molecule has 0 amide bonds. The van der Waals surface area contributed by atoms with Gasteiger partial charge in [-0.3, -0.25) is 0 Å². The number of nitrogens with two attached hydrogens (primary N) is 1. The van der Waals surface area contributed by atoms with Crippen LogP contribution < -0.4 is 10.6 Å². The molecular weight excluding hydrogens is 483 g/mol. The average Bonchev–Trinajstić information content (AvgIpc) is 2.82. The molecular formula is C30H31F5N2. The largest absolute Gasteiger partial charge is 0.397 e. The van der Waals surface area contributed by atoms with Crippen LogP contribution in [0.3, 0.4) is 0 Å². The molecule has 7 heteroatoms. The third-order valence-electron chi connectivity index (χ3n) is 6.25. The second kappa shape index (κ2) is 11.6. The fourth-order valence-electron chi connectivity index (χ4n) is 4.18. The van der Waals surface area contributed by atoms with Crippen LogP contribution in [0.4, 0.5) is 33.3 Å². The van der Waals surface area contributed by atoms with Gasteiger partial charge in [-0.2, -0.15) is 0 Å². The van der Waals surface area contributed by atoms with Gasteiger partial charge in [-0.25, -0.2) is 22.0 Å². The molecule has 0 aromatic heterocycles. The van der Waals surface area contributed by atoms with E-state index < -0.39 is 29.5 Å². The summed E-state index contributed by atoms with van der Waals surface area (Å²) < 4.78 is 71.4. The fourth-order valence-corrected chi connectivity index (χ4v) is 4.18. The summed E-state index contributed by atoms with van der Waals surface area (Å²) in [6.07, 6.45) is 3.84. The van der Waals surface area contributed by atoms with Crippen molar-refractivity contribution in [3.63, 3.8) is 0 Å². The lowest BCUT2D eigenvalue weighted by atomic mass is 9.87. The minimum Gasteiger partial charge on any atom is -0.397 e. The summed E-state index contributed by atoms with van der Waals surface area (Å²) in [6.45, 7) is 6.23. The van der Waals surface area contributed by atoms with Gasteiger partial charge >= 0.3 is 0 Å². The Labute approximate surface area is 215 Å². The van der Waals surface area contributed by atoms with Crippen LogP contribution in [0.15, 0.2) is 83.9 Å². The molecule has 0 spiro atoms. The lowest BCUT2D eigenvalue weighted by molar-refractivity contribution is 0.417. The summed E-state index contributed by atoms with van der Waals surface area (Å²) >= 11 is 0. The van der Waals surface area contributed by atoms with Crippen molar-refractivity contribution in [1.82, 2.24) is 0 Å². The Kier molecular flexibility index (Phi) is 8.79. The number of alkyl halides is 1. The molecule has 0 radical (unpaired) electrons. The first-order chi connectivity index (χ1) is 17.4. The third-order valence-corrected chi connectivity index (χ3v) is 6.25. The van der Waals surface area contributed by atoms with E-state index in [0.29, 0.717) is 5.92 Å². The van der Waals surface area contributed by atoms with Gasteiger partial charge in [-0.1, -0.05) is 50.3 Å². The molecule has 1 atom stereocenters. The molecule has 0 bridgehead atoms. The van der Waals surface area contributed by atoms with Crippen molar-refractivity contribution >= 4 is 22.5 Å². The van der Waals surface area contributed by atoms with Crippen molar-refractivity contribution in [3.8, 4) is 0 Å². The highest BCUT2D eigenvalue weighted by Crippen LogP contribution is 2.38. The number of allylic oxidation sites excluding steroid dienone is 9. The molecule has 2 aromatic rings. The van der Waals surface area contributed by atoms with E-state index in [-0.39, 0.29) is 34.6 Å². The molecule has 0 saturated heterocycles. The number of anilines is 2. The second-order valence-electron chi connectivity index (χ2n) is 9.40. The number of hydrogen-bond donors (Lipinski definition) is 1. The van der Waals surface area contributed by atoms with Gasteiger partial charge in [0.15, 0.2) is 5.83 Å². The monoisotopic (exact) mass is 514 g/mol. The molecule has 1 aliphatic rings. The number of hydrogen-bond acceptors (Lipinski definition) is 2. The highest BCUT2D eigenvalue weighted by molar-refractivity contribution is 5.84. The molecule has 196 valence electrons. The van der Waals surface area contributed by atoms with Gasteiger partial charge in [-0.15, -0.1) is 0 Å². The average molecular weight is 515 g/mol. The van der Waals surface area contributed by atoms with Gasteiger partial charge < -0.3 is 10.6 Å². The summed E-state index contributed by atoms with van der Waals surface area (Å²) in [4.78, 5) is 1.11. The second-order valence-corrected chi connectivity index (χ2v) is 9.40. The Morgan fingerprint density at radius 2 is 1.65 bits per heavy atom. The molecule has 2 aromatic carbocycles. The molecule has 0 fully saturated rings. The Bertz CT molecular complexity index is 1280. The van der Waals surface area contributed by atoms with E-state index in [1.54, 1.807) is 6.08 Å². The molecule has 3 rings (SSSR count). The predicted molar refractivity (Wildman–Crippen MR) is 143 cm³/mol. The quantitative estimate of drug-likeness (QED) is 0.227. The first-order valence-electron chi connectivity index (χ1n) is 11.9.